The predicted molar refractivity (Wildman–Crippen MR) is 77.5 cm³/mol. The van der Waals surface area contributed by atoms with Crippen molar-refractivity contribution in [1.82, 2.24) is 9.13 Å². The van der Waals surface area contributed by atoms with E-state index in [1.165, 1.54) is 4.57 Å². The number of hydrogen-bond acceptors (Lipinski definition) is 5. The van der Waals surface area contributed by atoms with E-state index in [9.17, 15) is 19.7 Å². The Bertz CT molecular complexity index is 590. The Balaban J connectivity index is 3.02. The molecule has 0 radical (unpaired) electrons. The van der Waals surface area contributed by atoms with Gasteiger partial charge in [-0.3, -0.25) is 24.0 Å². The van der Waals surface area contributed by atoms with Crippen LogP contribution in [0, 0.1) is 10.1 Å². The van der Waals surface area contributed by atoms with Crippen molar-refractivity contribution in [2.75, 3.05) is 6.61 Å². The van der Waals surface area contributed by atoms with Crippen LogP contribution in [0.25, 0.3) is 0 Å². The summed E-state index contributed by atoms with van der Waals surface area (Å²) in [6.07, 6.45) is 4.46. The van der Waals surface area contributed by atoms with Crippen LogP contribution in [0.2, 0.25) is 0 Å². The number of hydrogen-bond donors (Lipinski definition) is 1. The van der Waals surface area contributed by atoms with Crippen molar-refractivity contribution in [2.45, 2.75) is 52.1 Å². The van der Waals surface area contributed by atoms with Gasteiger partial charge in [0.2, 0.25) is 0 Å². The molecule has 21 heavy (non-hydrogen) atoms. The third-order valence-corrected chi connectivity index (χ3v) is 3.17. The summed E-state index contributed by atoms with van der Waals surface area (Å²) in [5.41, 5.74) is -1.92. The zero-order chi connectivity index (χ0) is 15.8. The quantitative estimate of drug-likeness (QED) is 0.414. The first-order chi connectivity index (χ1) is 10.0. The Kier molecular flexibility index (Phi) is 6.80. The Hall–Kier alpha value is -1.96. The van der Waals surface area contributed by atoms with E-state index in [-0.39, 0.29) is 13.2 Å². The van der Waals surface area contributed by atoms with E-state index in [0.29, 0.717) is 25.8 Å². The maximum Gasteiger partial charge on any atom is 0.350 e. The summed E-state index contributed by atoms with van der Waals surface area (Å²) < 4.78 is 2.15. The summed E-state index contributed by atoms with van der Waals surface area (Å²) >= 11 is 0. The van der Waals surface area contributed by atoms with Crippen LogP contribution in [-0.2, 0) is 13.1 Å². The molecule has 118 valence electrons. The van der Waals surface area contributed by atoms with Gasteiger partial charge < -0.3 is 5.11 Å². The third kappa shape index (κ3) is 4.52. The number of aliphatic hydroxyl groups excluding tert-OH is 1. The molecule has 0 saturated heterocycles. The summed E-state index contributed by atoms with van der Waals surface area (Å²) in [6.45, 7) is 2.46. The molecule has 0 aliphatic heterocycles. The SMILES string of the molecule is CCCn1cc([N+](=O)[O-])c(=O)n(CCCCCCO)c1=O. The largest absolute Gasteiger partial charge is 0.396 e. The lowest BCUT2D eigenvalue weighted by molar-refractivity contribution is -0.387. The normalized spacial score (nSPS) is 10.8. The second kappa shape index (κ2) is 8.35. The molecule has 1 aromatic rings. The minimum Gasteiger partial charge on any atom is -0.396 e. The predicted octanol–water partition coefficient (Wildman–Crippen LogP) is 0.881. The van der Waals surface area contributed by atoms with Crippen molar-refractivity contribution in [2.24, 2.45) is 0 Å². The summed E-state index contributed by atoms with van der Waals surface area (Å²) in [7, 11) is 0. The van der Waals surface area contributed by atoms with Crippen LogP contribution in [0.5, 0.6) is 0 Å². The Labute approximate surface area is 121 Å². The number of rotatable bonds is 9. The summed E-state index contributed by atoms with van der Waals surface area (Å²) in [5.74, 6) is 0. The van der Waals surface area contributed by atoms with Crippen molar-refractivity contribution >= 4 is 5.69 Å². The van der Waals surface area contributed by atoms with Crippen molar-refractivity contribution in [3.8, 4) is 0 Å². The first-order valence-electron chi connectivity index (χ1n) is 7.12. The van der Waals surface area contributed by atoms with Gasteiger partial charge in [0.15, 0.2) is 0 Å². The lowest BCUT2D eigenvalue weighted by atomic mass is 10.2. The Morgan fingerprint density at radius 2 is 1.86 bits per heavy atom. The second-order valence-electron chi connectivity index (χ2n) is 4.84. The average molecular weight is 299 g/mol. The Morgan fingerprint density at radius 1 is 1.19 bits per heavy atom. The minimum absolute atomic E-state index is 0.111. The third-order valence-electron chi connectivity index (χ3n) is 3.17. The molecule has 1 heterocycles. The van der Waals surface area contributed by atoms with Crippen molar-refractivity contribution in [1.29, 1.82) is 0 Å². The van der Waals surface area contributed by atoms with E-state index < -0.39 is 21.9 Å². The van der Waals surface area contributed by atoms with Gasteiger partial charge in [0.25, 0.3) is 0 Å². The van der Waals surface area contributed by atoms with Crippen LogP contribution in [0.4, 0.5) is 5.69 Å². The van der Waals surface area contributed by atoms with Crippen LogP contribution in [0.1, 0.15) is 39.0 Å². The summed E-state index contributed by atoms with van der Waals surface area (Å²) in [4.78, 5) is 34.3. The molecule has 0 aliphatic carbocycles. The van der Waals surface area contributed by atoms with Gasteiger partial charge in [0.05, 0.1) is 11.1 Å². The van der Waals surface area contributed by atoms with E-state index in [4.69, 9.17) is 5.11 Å². The standard InChI is InChI=1S/C13H21N3O5/c1-2-7-14-10-11(16(20)21)12(18)15(13(14)19)8-5-3-4-6-9-17/h10,17H,2-9H2,1H3. The minimum atomic E-state index is -0.848. The molecule has 0 aromatic carbocycles. The zero-order valence-electron chi connectivity index (χ0n) is 12.2. The number of nitrogens with zero attached hydrogens (tertiary/aromatic N) is 3. The van der Waals surface area contributed by atoms with Gasteiger partial charge in [-0.25, -0.2) is 4.79 Å². The topological polar surface area (TPSA) is 107 Å². The van der Waals surface area contributed by atoms with E-state index in [1.54, 1.807) is 0 Å². The molecule has 1 rings (SSSR count). The number of aromatic nitrogens is 2. The fourth-order valence-electron chi connectivity index (χ4n) is 2.10. The monoisotopic (exact) mass is 299 g/mol. The molecule has 1 N–H and O–H groups in total. The highest BCUT2D eigenvalue weighted by molar-refractivity contribution is 5.21. The molecule has 0 amide bonds. The number of aryl methyl sites for hydroxylation is 1. The molecular weight excluding hydrogens is 278 g/mol. The van der Waals surface area contributed by atoms with Crippen molar-refractivity contribution in [3.05, 3.63) is 37.1 Å². The van der Waals surface area contributed by atoms with Crippen LogP contribution < -0.4 is 11.2 Å². The van der Waals surface area contributed by atoms with Crippen LogP contribution in [-0.4, -0.2) is 25.8 Å². The van der Waals surface area contributed by atoms with Gasteiger partial charge in [-0.2, -0.15) is 0 Å². The first kappa shape index (κ1) is 17.1. The number of unbranched alkanes of at least 4 members (excludes halogenated alkanes) is 3. The molecule has 0 unspecified atom stereocenters. The van der Waals surface area contributed by atoms with Crippen molar-refractivity contribution in [3.63, 3.8) is 0 Å². The maximum absolute atomic E-state index is 12.1. The van der Waals surface area contributed by atoms with Gasteiger partial charge in [0.1, 0.15) is 0 Å². The van der Waals surface area contributed by atoms with Gasteiger partial charge in [-0.15, -0.1) is 0 Å². The Morgan fingerprint density at radius 3 is 2.43 bits per heavy atom. The van der Waals surface area contributed by atoms with E-state index in [1.807, 2.05) is 6.92 Å². The fraction of sp³-hybridized carbons (Fsp3) is 0.692. The van der Waals surface area contributed by atoms with E-state index >= 15 is 0 Å². The second-order valence-corrected chi connectivity index (χ2v) is 4.84. The van der Waals surface area contributed by atoms with Crippen LogP contribution >= 0.6 is 0 Å². The molecule has 8 nitrogen and oxygen atoms in total. The lowest BCUT2D eigenvalue weighted by Gasteiger charge is -2.09. The van der Waals surface area contributed by atoms with E-state index in [2.05, 4.69) is 0 Å². The molecule has 0 aliphatic rings. The van der Waals surface area contributed by atoms with Gasteiger partial charge in [-0.1, -0.05) is 19.8 Å². The maximum atomic E-state index is 12.1. The van der Waals surface area contributed by atoms with Gasteiger partial charge in [0, 0.05) is 19.7 Å². The van der Waals surface area contributed by atoms with Crippen LogP contribution in [0.3, 0.4) is 0 Å². The van der Waals surface area contributed by atoms with Crippen molar-refractivity contribution < 1.29 is 10.0 Å². The fourth-order valence-corrected chi connectivity index (χ4v) is 2.10. The zero-order valence-corrected chi connectivity index (χ0v) is 12.2. The summed E-state index contributed by atoms with van der Waals surface area (Å²) in [5, 5.41) is 19.6. The lowest BCUT2D eigenvalue weighted by Crippen LogP contribution is -2.40. The number of nitro groups is 1. The molecule has 8 heteroatoms. The molecule has 1 aromatic heterocycles. The summed E-state index contributed by atoms with van der Waals surface area (Å²) in [6, 6.07) is 0. The molecule has 0 fully saturated rings. The highest BCUT2D eigenvalue weighted by Crippen LogP contribution is 2.04. The van der Waals surface area contributed by atoms with Gasteiger partial charge in [-0.05, 0) is 19.3 Å². The number of aliphatic hydroxyl groups is 1. The molecule has 0 atom stereocenters. The highest BCUT2D eigenvalue weighted by atomic mass is 16.6. The molecular formula is C13H21N3O5. The molecule has 0 saturated carbocycles. The van der Waals surface area contributed by atoms with E-state index in [0.717, 1.165) is 23.6 Å². The smallest absolute Gasteiger partial charge is 0.350 e. The van der Waals surface area contributed by atoms with Gasteiger partial charge >= 0.3 is 16.9 Å². The highest BCUT2D eigenvalue weighted by Gasteiger charge is 2.19. The van der Waals surface area contributed by atoms with Crippen LogP contribution in [0.15, 0.2) is 15.8 Å². The molecule has 0 spiro atoms. The molecule has 0 bridgehead atoms. The first-order valence-corrected chi connectivity index (χ1v) is 7.12. The average Bonchev–Trinajstić information content (AvgIpc) is 2.44.